The van der Waals surface area contributed by atoms with Crippen LogP contribution in [-0.2, 0) is 6.42 Å². The molecule has 1 N–H and O–H groups in total. The molecule has 1 aromatic heterocycles. The first-order valence-corrected chi connectivity index (χ1v) is 9.27. The monoisotopic (exact) mass is 366 g/mol. The van der Waals surface area contributed by atoms with Crippen LogP contribution in [-0.4, -0.2) is 39.0 Å². The van der Waals surface area contributed by atoms with Crippen molar-refractivity contribution in [1.29, 1.82) is 0 Å². The Balaban J connectivity index is 1.35. The van der Waals surface area contributed by atoms with Crippen molar-refractivity contribution in [3.63, 3.8) is 0 Å². The number of benzene rings is 2. The number of H-pyrrole nitrogens is 1. The van der Waals surface area contributed by atoms with Crippen LogP contribution in [0.4, 0.5) is 5.69 Å². The molecule has 1 aliphatic heterocycles. The minimum Gasteiger partial charge on any atom is -0.306 e. The number of nitro groups is 1. The Morgan fingerprint density at radius 1 is 1.07 bits per heavy atom. The number of nitrogens with one attached hydrogen (secondary N) is 1. The number of nitrogens with zero attached hydrogens (tertiary/aromatic N) is 3. The Labute approximate surface area is 156 Å². The van der Waals surface area contributed by atoms with Crippen molar-refractivity contribution < 1.29 is 4.92 Å². The molecule has 0 aliphatic carbocycles. The molecule has 0 amide bonds. The van der Waals surface area contributed by atoms with Gasteiger partial charge in [0.15, 0.2) is 0 Å². The summed E-state index contributed by atoms with van der Waals surface area (Å²) in [6, 6.07) is 14.8. The molecule has 0 bridgehead atoms. The number of likely N-dealkylation sites (tertiary alicyclic amines) is 1. The van der Waals surface area contributed by atoms with E-state index in [0.717, 1.165) is 55.5 Å². The van der Waals surface area contributed by atoms with Crippen LogP contribution in [0.2, 0.25) is 0 Å². The highest BCUT2D eigenvalue weighted by atomic mass is 16.6. The number of non-ortho nitro benzene ring substituents is 1. The van der Waals surface area contributed by atoms with E-state index in [9.17, 15) is 14.9 Å². The largest absolute Gasteiger partial charge is 0.326 e. The van der Waals surface area contributed by atoms with Crippen LogP contribution in [0.1, 0.15) is 24.4 Å². The molecule has 7 heteroatoms. The lowest BCUT2D eigenvalue weighted by atomic mass is 10.0. The zero-order valence-electron chi connectivity index (χ0n) is 15.0. The molecule has 140 valence electrons. The zero-order chi connectivity index (χ0) is 18.8. The van der Waals surface area contributed by atoms with Gasteiger partial charge in [0, 0.05) is 37.8 Å². The molecular weight excluding hydrogens is 344 g/mol. The average molecular weight is 366 g/mol. The molecule has 1 fully saturated rings. The van der Waals surface area contributed by atoms with Gasteiger partial charge in [-0.25, -0.2) is 4.79 Å². The lowest BCUT2D eigenvalue weighted by Gasteiger charge is -2.32. The quantitative estimate of drug-likeness (QED) is 0.555. The summed E-state index contributed by atoms with van der Waals surface area (Å²) in [5, 5.41) is 10.7. The zero-order valence-corrected chi connectivity index (χ0v) is 15.0. The van der Waals surface area contributed by atoms with Crippen molar-refractivity contribution in [2.75, 3.05) is 19.6 Å². The second-order valence-corrected chi connectivity index (χ2v) is 7.06. The summed E-state index contributed by atoms with van der Waals surface area (Å²) in [7, 11) is 0. The summed E-state index contributed by atoms with van der Waals surface area (Å²) in [4.78, 5) is 28.0. The van der Waals surface area contributed by atoms with E-state index in [1.807, 2.05) is 41.0 Å². The number of aromatic amines is 1. The van der Waals surface area contributed by atoms with Crippen molar-refractivity contribution in [2.45, 2.75) is 25.3 Å². The van der Waals surface area contributed by atoms with Gasteiger partial charge in [0.1, 0.15) is 0 Å². The van der Waals surface area contributed by atoms with E-state index in [2.05, 4.69) is 9.88 Å². The molecule has 1 saturated heterocycles. The van der Waals surface area contributed by atoms with E-state index < -0.39 is 0 Å². The summed E-state index contributed by atoms with van der Waals surface area (Å²) in [6.07, 6.45) is 2.76. The molecule has 27 heavy (non-hydrogen) atoms. The number of fused-ring (bicyclic) bond motifs is 1. The normalized spacial score (nSPS) is 16.0. The van der Waals surface area contributed by atoms with Gasteiger partial charge in [-0.2, -0.15) is 0 Å². The molecule has 0 saturated carbocycles. The number of aromatic nitrogens is 2. The standard InChI is InChI=1S/C20H22N4O3/c25-20-21-18-3-1-2-4-19(18)23(20)16-10-13-22(14-11-16)12-9-15-5-7-17(8-6-15)24(26)27/h1-8,16H,9-14H2,(H,21,25). The van der Waals surface area contributed by atoms with Gasteiger partial charge in [-0.15, -0.1) is 0 Å². The third-order valence-electron chi connectivity index (χ3n) is 5.41. The molecule has 3 aromatic rings. The first kappa shape index (κ1) is 17.5. The molecule has 0 radical (unpaired) electrons. The number of nitro benzene ring substituents is 1. The summed E-state index contributed by atoms with van der Waals surface area (Å²) in [6.45, 7) is 2.82. The number of imidazole rings is 1. The van der Waals surface area contributed by atoms with Gasteiger partial charge in [-0.1, -0.05) is 24.3 Å². The van der Waals surface area contributed by atoms with E-state index in [-0.39, 0.29) is 22.3 Å². The van der Waals surface area contributed by atoms with Crippen LogP contribution in [0, 0.1) is 10.1 Å². The highest BCUT2D eigenvalue weighted by Gasteiger charge is 2.23. The number of para-hydroxylation sites is 2. The molecule has 0 spiro atoms. The fraction of sp³-hybridized carbons (Fsp3) is 0.350. The maximum Gasteiger partial charge on any atom is 0.326 e. The molecule has 7 nitrogen and oxygen atoms in total. The van der Waals surface area contributed by atoms with Crippen LogP contribution < -0.4 is 5.69 Å². The Hall–Kier alpha value is -2.93. The predicted octanol–water partition coefficient (Wildman–Crippen LogP) is 3.12. The van der Waals surface area contributed by atoms with E-state index >= 15 is 0 Å². The van der Waals surface area contributed by atoms with E-state index in [1.165, 1.54) is 0 Å². The van der Waals surface area contributed by atoms with Crippen molar-refractivity contribution in [3.8, 4) is 0 Å². The van der Waals surface area contributed by atoms with Crippen LogP contribution in [0.15, 0.2) is 53.3 Å². The molecule has 2 aromatic carbocycles. The lowest BCUT2D eigenvalue weighted by molar-refractivity contribution is -0.384. The third kappa shape index (κ3) is 3.64. The van der Waals surface area contributed by atoms with Crippen LogP contribution >= 0.6 is 0 Å². The van der Waals surface area contributed by atoms with E-state index in [4.69, 9.17) is 0 Å². The van der Waals surface area contributed by atoms with Crippen LogP contribution in [0.5, 0.6) is 0 Å². The first-order valence-electron chi connectivity index (χ1n) is 9.27. The second kappa shape index (κ2) is 7.36. The van der Waals surface area contributed by atoms with Gasteiger partial charge in [0.25, 0.3) is 5.69 Å². The summed E-state index contributed by atoms with van der Waals surface area (Å²) < 4.78 is 1.91. The van der Waals surface area contributed by atoms with Crippen molar-refractivity contribution in [1.82, 2.24) is 14.5 Å². The smallest absolute Gasteiger partial charge is 0.306 e. The van der Waals surface area contributed by atoms with Gasteiger partial charge in [-0.05, 0) is 37.0 Å². The molecular formula is C20H22N4O3. The van der Waals surface area contributed by atoms with Gasteiger partial charge >= 0.3 is 5.69 Å². The average Bonchev–Trinajstić information content (AvgIpc) is 3.03. The number of piperidine rings is 1. The Morgan fingerprint density at radius 3 is 2.48 bits per heavy atom. The van der Waals surface area contributed by atoms with Crippen molar-refractivity contribution in [2.24, 2.45) is 0 Å². The fourth-order valence-electron chi connectivity index (χ4n) is 3.91. The Morgan fingerprint density at radius 2 is 1.78 bits per heavy atom. The molecule has 0 unspecified atom stereocenters. The maximum atomic E-state index is 12.4. The van der Waals surface area contributed by atoms with E-state index in [1.54, 1.807) is 12.1 Å². The van der Waals surface area contributed by atoms with Gasteiger partial charge in [0.2, 0.25) is 0 Å². The van der Waals surface area contributed by atoms with Gasteiger partial charge in [0.05, 0.1) is 16.0 Å². The minimum absolute atomic E-state index is 0.0273. The van der Waals surface area contributed by atoms with Gasteiger partial charge < -0.3 is 9.88 Å². The number of hydrogen-bond donors (Lipinski definition) is 1. The number of rotatable bonds is 5. The Kier molecular flexibility index (Phi) is 4.77. The molecule has 0 atom stereocenters. The number of hydrogen-bond acceptors (Lipinski definition) is 4. The van der Waals surface area contributed by atoms with Crippen molar-refractivity contribution >= 4 is 16.7 Å². The highest BCUT2D eigenvalue weighted by molar-refractivity contribution is 5.75. The SMILES string of the molecule is O=c1[nH]c2ccccc2n1C1CCN(CCc2ccc([N+](=O)[O-])cc2)CC1. The van der Waals surface area contributed by atoms with Gasteiger partial charge in [-0.3, -0.25) is 14.7 Å². The summed E-state index contributed by atoms with van der Waals surface area (Å²) in [5.41, 5.74) is 3.08. The molecule has 1 aliphatic rings. The predicted molar refractivity (Wildman–Crippen MR) is 104 cm³/mol. The fourth-order valence-corrected chi connectivity index (χ4v) is 3.91. The van der Waals surface area contributed by atoms with Crippen LogP contribution in [0.25, 0.3) is 11.0 Å². The topological polar surface area (TPSA) is 84.2 Å². The van der Waals surface area contributed by atoms with Crippen molar-refractivity contribution in [3.05, 3.63) is 74.7 Å². The first-order chi connectivity index (χ1) is 13.1. The maximum absolute atomic E-state index is 12.4. The highest BCUT2D eigenvalue weighted by Crippen LogP contribution is 2.25. The minimum atomic E-state index is -0.374. The lowest BCUT2D eigenvalue weighted by Crippen LogP contribution is -2.37. The van der Waals surface area contributed by atoms with Crippen LogP contribution in [0.3, 0.4) is 0 Å². The van der Waals surface area contributed by atoms with E-state index in [0.29, 0.717) is 0 Å². The summed E-state index contributed by atoms with van der Waals surface area (Å²) in [5.74, 6) is 0. The second-order valence-electron chi connectivity index (χ2n) is 7.06. The summed E-state index contributed by atoms with van der Waals surface area (Å²) >= 11 is 0. The Bertz CT molecular complexity index is 998. The third-order valence-corrected chi connectivity index (χ3v) is 5.41. The molecule has 4 rings (SSSR count). The molecule has 2 heterocycles.